The summed E-state index contributed by atoms with van der Waals surface area (Å²) in [5, 5.41) is 21.8. The van der Waals surface area contributed by atoms with E-state index in [-0.39, 0.29) is 18.1 Å². The number of Topliss-reactive ketones (excluding diaryl/α,β-unsaturated/α-hetero) is 1. The van der Waals surface area contributed by atoms with Crippen molar-refractivity contribution in [1.29, 1.82) is 0 Å². The van der Waals surface area contributed by atoms with Crippen molar-refractivity contribution in [2.75, 3.05) is 14.1 Å². The number of aliphatic hydroxyl groups is 2. The third kappa shape index (κ3) is 7.30. The molecule has 210 valence electrons. The maximum atomic E-state index is 13.3. The summed E-state index contributed by atoms with van der Waals surface area (Å²) in [4.78, 5) is 32.9. The van der Waals surface area contributed by atoms with Gasteiger partial charge in [0.05, 0.1) is 30.6 Å². The highest BCUT2D eigenvalue weighted by atomic mass is 16.5. The smallest absolute Gasteiger partial charge is 0.309 e. The van der Waals surface area contributed by atoms with Gasteiger partial charge in [-0.05, 0) is 63.9 Å². The summed E-state index contributed by atoms with van der Waals surface area (Å²) in [7, 11) is 3.89. The Hall–Kier alpha value is -2.55. The van der Waals surface area contributed by atoms with Crippen LogP contribution in [0, 0.1) is 17.3 Å². The number of fused-ring (bicyclic) bond motifs is 1. The van der Waals surface area contributed by atoms with Crippen LogP contribution in [-0.4, -0.2) is 58.2 Å². The standard InChI is InChI=1S/C30H44N2O6/c1-18-9-8-10-19(2)28(35)20(3)29(36)30(4,5)25(33)16-27(34)38-23(13-11-18)21-12-14-24-22(15-21)31-26(37-24)17-32(6)7/h11-12,14-15,19-20,23,25,28,33,35H,8-10,13,16-17H2,1-7H3/t19?,20?,23-,25?,28-/m0/s1. The zero-order valence-electron chi connectivity index (χ0n) is 23.9. The van der Waals surface area contributed by atoms with Gasteiger partial charge in [0, 0.05) is 12.3 Å². The summed E-state index contributed by atoms with van der Waals surface area (Å²) in [6.07, 6.45) is 2.10. The zero-order chi connectivity index (χ0) is 28.2. The molecule has 5 atom stereocenters. The highest BCUT2D eigenvalue weighted by Crippen LogP contribution is 2.33. The van der Waals surface area contributed by atoms with Crippen LogP contribution < -0.4 is 0 Å². The largest absolute Gasteiger partial charge is 0.457 e. The second kappa shape index (κ2) is 12.5. The number of aliphatic hydroxyl groups excluding tert-OH is 2. The minimum atomic E-state index is -1.25. The molecule has 8 nitrogen and oxygen atoms in total. The Morgan fingerprint density at radius 1 is 1.16 bits per heavy atom. The fourth-order valence-corrected chi connectivity index (χ4v) is 5.09. The molecule has 3 unspecified atom stereocenters. The van der Waals surface area contributed by atoms with Crippen molar-refractivity contribution in [1.82, 2.24) is 9.88 Å². The number of carbonyl (C=O) groups is 2. The van der Waals surface area contributed by atoms with Crippen LogP contribution >= 0.6 is 0 Å². The first-order valence-corrected chi connectivity index (χ1v) is 13.6. The van der Waals surface area contributed by atoms with Gasteiger partial charge in [0.2, 0.25) is 5.89 Å². The molecule has 1 aliphatic rings. The van der Waals surface area contributed by atoms with E-state index in [0.29, 0.717) is 30.0 Å². The molecule has 0 saturated carbocycles. The first-order valence-electron chi connectivity index (χ1n) is 13.6. The Bertz CT molecular complexity index is 1150. The molecule has 2 aromatic rings. The molecule has 1 aromatic heterocycles. The average Bonchev–Trinajstić information content (AvgIpc) is 3.24. The molecule has 0 fully saturated rings. The molecule has 0 radical (unpaired) electrons. The van der Waals surface area contributed by atoms with Crippen molar-refractivity contribution in [3.05, 3.63) is 41.3 Å². The molecule has 0 spiro atoms. The fourth-order valence-electron chi connectivity index (χ4n) is 5.09. The first kappa shape index (κ1) is 30.0. The van der Waals surface area contributed by atoms with E-state index < -0.39 is 35.6 Å². The summed E-state index contributed by atoms with van der Waals surface area (Å²) in [6, 6.07) is 5.60. The number of aromatic nitrogens is 1. The van der Waals surface area contributed by atoms with Crippen LogP contribution in [0.25, 0.3) is 11.1 Å². The predicted octanol–water partition coefficient (Wildman–Crippen LogP) is 4.97. The Kier molecular flexibility index (Phi) is 9.90. The first-order chi connectivity index (χ1) is 17.8. The number of cyclic esters (lactones) is 1. The summed E-state index contributed by atoms with van der Waals surface area (Å²) in [6.45, 7) is 9.53. The van der Waals surface area contributed by atoms with Gasteiger partial charge in [-0.2, -0.15) is 0 Å². The molecule has 2 N–H and O–H groups in total. The van der Waals surface area contributed by atoms with Gasteiger partial charge in [-0.15, -0.1) is 0 Å². The Morgan fingerprint density at radius 3 is 2.55 bits per heavy atom. The molecule has 0 saturated heterocycles. The van der Waals surface area contributed by atoms with Gasteiger partial charge in [0.1, 0.15) is 17.4 Å². The molecule has 1 aromatic carbocycles. The molecular weight excluding hydrogens is 484 g/mol. The van der Waals surface area contributed by atoms with Crippen molar-refractivity contribution in [3.8, 4) is 0 Å². The molecule has 0 amide bonds. The van der Waals surface area contributed by atoms with E-state index in [9.17, 15) is 19.8 Å². The lowest BCUT2D eigenvalue weighted by atomic mass is 9.73. The molecule has 0 aliphatic carbocycles. The van der Waals surface area contributed by atoms with Gasteiger partial charge < -0.3 is 24.3 Å². The minimum absolute atomic E-state index is 0.0631. The number of benzene rings is 1. The SMILES string of the molecule is CC1=CC[C@@H](c2ccc3oc(CN(C)C)nc3c2)OC(=O)CC(O)C(C)(C)C(=O)C(C)[C@@H](O)C(C)CCC1. The Morgan fingerprint density at radius 2 is 1.87 bits per heavy atom. The third-order valence-corrected chi connectivity index (χ3v) is 7.80. The number of ether oxygens (including phenoxy) is 1. The summed E-state index contributed by atoms with van der Waals surface area (Å²) >= 11 is 0. The highest BCUT2D eigenvalue weighted by Gasteiger charge is 2.42. The summed E-state index contributed by atoms with van der Waals surface area (Å²) in [5.41, 5.74) is 2.09. The van der Waals surface area contributed by atoms with E-state index in [4.69, 9.17) is 9.15 Å². The normalized spacial score (nSPS) is 28.4. The number of ketones is 1. The summed E-state index contributed by atoms with van der Waals surface area (Å²) in [5.74, 6) is -0.962. The van der Waals surface area contributed by atoms with E-state index in [2.05, 4.69) is 18.0 Å². The second-order valence-corrected chi connectivity index (χ2v) is 11.8. The molecule has 3 rings (SSSR count). The lowest BCUT2D eigenvalue weighted by Crippen LogP contribution is -2.45. The number of rotatable bonds is 3. The van der Waals surface area contributed by atoms with Gasteiger partial charge in [-0.3, -0.25) is 9.59 Å². The number of hydrogen-bond acceptors (Lipinski definition) is 8. The lowest BCUT2D eigenvalue weighted by molar-refractivity contribution is -0.155. The van der Waals surface area contributed by atoms with Gasteiger partial charge in [0.25, 0.3) is 0 Å². The molecule has 8 heteroatoms. The second-order valence-electron chi connectivity index (χ2n) is 11.8. The van der Waals surface area contributed by atoms with Crippen LogP contribution in [0.5, 0.6) is 0 Å². The van der Waals surface area contributed by atoms with Gasteiger partial charge in [0.15, 0.2) is 5.58 Å². The molecular formula is C30H44N2O6. The van der Waals surface area contributed by atoms with E-state index in [0.717, 1.165) is 24.8 Å². The lowest BCUT2D eigenvalue weighted by Gasteiger charge is -2.34. The fraction of sp³-hybridized carbons (Fsp3) is 0.633. The monoisotopic (exact) mass is 528 g/mol. The van der Waals surface area contributed by atoms with Crippen LogP contribution in [-0.2, 0) is 20.9 Å². The van der Waals surface area contributed by atoms with Gasteiger partial charge >= 0.3 is 5.97 Å². The average molecular weight is 529 g/mol. The van der Waals surface area contributed by atoms with Crippen LogP contribution in [0.2, 0.25) is 0 Å². The maximum absolute atomic E-state index is 13.3. The van der Waals surface area contributed by atoms with Crippen LogP contribution in [0.3, 0.4) is 0 Å². The zero-order valence-corrected chi connectivity index (χ0v) is 23.9. The van der Waals surface area contributed by atoms with Gasteiger partial charge in [-0.25, -0.2) is 4.98 Å². The summed E-state index contributed by atoms with van der Waals surface area (Å²) < 4.78 is 11.7. The van der Waals surface area contributed by atoms with Crippen molar-refractivity contribution >= 4 is 22.9 Å². The Balaban J connectivity index is 1.91. The van der Waals surface area contributed by atoms with Crippen molar-refractivity contribution in [2.45, 2.75) is 91.6 Å². The highest BCUT2D eigenvalue weighted by molar-refractivity contribution is 5.88. The van der Waals surface area contributed by atoms with E-state index in [1.165, 1.54) is 5.57 Å². The number of allylic oxidation sites excluding steroid dienone is 1. The van der Waals surface area contributed by atoms with Crippen LogP contribution in [0.15, 0.2) is 34.3 Å². The van der Waals surface area contributed by atoms with E-state index in [1.807, 2.05) is 44.1 Å². The molecule has 2 heterocycles. The van der Waals surface area contributed by atoms with E-state index >= 15 is 0 Å². The van der Waals surface area contributed by atoms with Crippen molar-refractivity contribution in [2.24, 2.45) is 17.3 Å². The number of hydrogen-bond donors (Lipinski definition) is 2. The van der Waals surface area contributed by atoms with Crippen LogP contribution in [0.4, 0.5) is 0 Å². The quantitative estimate of drug-likeness (QED) is 0.424. The Labute approximate surface area is 226 Å². The number of nitrogens with zero attached hydrogens (tertiary/aromatic N) is 2. The number of oxazole rings is 1. The van der Waals surface area contributed by atoms with Crippen molar-refractivity contribution in [3.63, 3.8) is 0 Å². The molecule has 38 heavy (non-hydrogen) atoms. The van der Waals surface area contributed by atoms with E-state index in [1.54, 1.807) is 20.8 Å². The molecule has 0 bridgehead atoms. The predicted molar refractivity (Wildman–Crippen MR) is 146 cm³/mol. The number of esters is 1. The third-order valence-electron chi connectivity index (χ3n) is 7.80. The molecule has 1 aliphatic heterocycles. The van der Waals surface area contributed by atoms with Crippen LogP contribution in [0.1, 0.15) is 84.3 Å². The topological polar surface area (TPSA) is 113 Å². The van der Waals surface area contributed by atoms with Crippen molar-refractivity contribution < 1.29 is 29.0 Å². The maximum Gasteiger partial charge on any atom is 0.309 e. The minimum Gasteiger partial charge on any atom is -0.457 e. The number of carbonyl (C=O) groups excluding carboxylic acids is 2. The van der Waals surface area contributed by atoms with Gasteiger partial charge in [-0.1, -0.05) is 45.4 Å².